The van der Waals surface area contributed by atoms with Gasteiger partial charge in [-0.15, -0.1) is 0 Å². The van der Waals surface area contributed by atoms with E-state index in [0.29, 0.717) is 18.1 Å². The van der Waals surface area contributed by atoms with Crippen molar-refractivity contribution >= 4 is 38.6 Å². The Balaban J connectivity index is 1.48. The first-order valence-corrected chi connectivity index (χ1v) is 11.9. The number of benzene rings is 1. The fraction of sp³-hybridized carbons (Fsp3) is 0.200. The molecule has 0 saturated heterocycles. The second-order valence-corrected chi connectivity index (χ2v) is 8.80. The summed E-state index contributed by atoms with van der Waals surface area (Å²) in [6.07, 6.45) is 6.32. The predicted octanol–water partition coefficient (Wildman–Crippen LogP) is 4.73. The molecule has 0 radical (unpaired) electrons. The Morgan fingerprint density at radius 2 is 2.03 bits per heavy atom. The molecule has 0 unspecified atom stereocenters. The minimum Gasteiger partial charge on any atom is -0.383 e. The van der Waals surface area contributed by atoms with Crippen molar-refractivity contribution in [1.29, 1.82) is 0 Å². The number of rotatable bonds is 6. The number of nitrogen functional groups attached to an aromatic ring is 1. The van der Waals surface area contributed by atoms with Crippen LogP contribution in [0.5, 0.6) is 0 Å². The SMILES string of the molecule is CCONC1=CCN(c2ccc(-c3cc(-c4cccc(Br)c4)c4c(N)ncnc4n3)cn2)CC1. The molecule has 0 saturated carbocycles. The van der Waals surface area contributed by atoms with Crippen LogP contribution in [-0.2, 0) is 4.84 Å². The van der Waals surface area contributed by atoms with Gasteiger partial charge in [0.2, 0.25) is 0 Å². The van der Waals surface area contributed by atoms with Gasteiger partial charge in [-0.2, -0.15) is 0 Å². The lowest BCUT2D eigenvalue weighted by atomic mass is 10.0. The number of hydroxylamine groups is 1. The molecule has 1 aromatic carbocycles. The van der Waals surface area contributed by atoms with E-state index < -0.39 is 0 Å². The number of fused-ring (bicyclic) bond motifs is 1. The highest BCUT2D eigenvalue weighted by Gasteiger charge is 2.16. The van der Waals surface area contributed by atoms with E-state index in [0.717, 1.165) is 63.3 Å². The molecule has 4 heterocycles. The first-order valence-electron chi connectivity index (χ1n) is 11.1. The Hall–Kier alpha value is -3.56. The molecule has 0 bridgehead atoms. The van der Waals surface area contributed by atoms with Gasteiger partial charge < -0.3 is 10.6 Å². The Morgan fingerprint density at radius 3 is 2.76 bits per heavy atom. The molecule has 5 rings (SSSR count). The van der Waals surface area contributed by atoms with Gasteiger partial charge in [0.25, 0.3) is 0 Å². The second kappa shape index (κ2) is 9.74. The molecule has 0 atom stereocenters. The van der Waals surface area contributed by atoms with Crippen LogP contribution in [0.4, 0.5) is 11.6 Å². The highest BCUT2D eigenvalue weighted by Crippen LogP contribution is 2.34. The molecule has 0 fully saturated rings. The van der Waals surface area contributed by atoms with E-state index in [9.17, 15) is 0 Å². The molecule has 1 aliphatic rings. The number of pyridine rings is 2. The topological polar surface area (TPSA) is 102 Å². The second-order valence-electron chi connectivity index (χ2n) is 7.89. The predicted molar refractivity (Wildman–Crippen MR) is 138 cm³/mol. The van der Waals surface area contributed by atoms with E-state index >= 15 is 0 Å². The van der Waals surface area contributed by atoms with Crippen molar-refractivity contribution < 1.29 is 4.84 Å². The Morgan fingerprint density at radius 1 is 1.12 bits per heavy atom. The van der Waals surface area contributed by atoms with Gasteiger partial charge >= 0.3 is 0 Å². The average molecular weight is 518 g/mol. The molecule has 0 aliphatic carbocycles. The Labute approximate surface area is 206 Å². The number of anilines is 2. The molecule has 172 valence electrons. The summed E-state index contributed by atoms with van der Waals surface area (Å²) in [5, 5.41) is 0.741. The van der Waals surface area contributed by atoms with Gasteiger partial charge in [0.15, 0.2) is 5.65 Å². The van der Waals surface area contributed by atoms with Gasteiger partial charge in [-0.25, -0.2) is 19.9 Å². The number of aromatic nitrogens is 4. The third kappa shape index (κ3) is 4.57. The lowest BCUT2D eigenvalue weighted by Crippen LogP contribution is -2.32. The van der Waals surface area contributed by atoms with Crippen LogP contribution in [0.2, 0.25) is 0 Å². The third-order valence-corrected chi connectivity index (χ3v) is 6.19. The molecule has 8 nitrogen and oxygen atoms in total. The standard InChI is InChI=1S/C25H24BrN7O/c1-2-34-32-19-8-10-33(11-9-19)22-7-6-17(14-28-22)21-13-20(16-4-3-5-18(26)12-16)23-24(27)29-15-30-25(23)31-21/h3-8,12-15,32H,2,9-11H2,1H3,(H2,27,29,30,31). The zero-order valence-electron chi connectivity index (χ0n) is 18.7. The summed E-state index contributed by atoms with van der Waals surface area (Å²) < 4.78 is 0.980. The van der Waals surface area contributed by atoms with Crippen molar-refractivity contribution in [3.05, 3.63) is 71.2 Å². The normalized spacial score (nSPS) is 13.7. The summed E-state index contributed by atoms with van der Waals surface area (Å²) in [5.74, 6) is 1.33. The molecule has 34 heavy (non-hydrogen) atoms. The molecule has 3 aromatic heterocycles. The lowest BCUT2D eigenvalue weighted by molar-refractivity contribution is 0.0706. The van der Waals surface area contributed by atoms with Crippen LogP contribution in [0, 0.1) is 0 Å². The molecule has 1 aliphatic heterocycles. The van der Waals surface area contributed by atoms with Gasteiger partial charge in [0.05, 0.1) is 17.7 Å². The fourth-order valence-electron chi connectivity index (χ4n) is 3.98. The summed E-state index contributed by atoms with van der Waals surface area (Å²) in [6.45, 7) is 4.24. The molecular formula is C25H24BrN7O. The van der Waals surface area contributed by atoms with E-state index in [1.165, 1.54) is 6.33 Å². The van der Waals surface area contributed by atoms with E-state index in [1.54, 1.807) is 0 Å². The number of nitrogens with two attached hydrogens (primary N) is 1. The van der Waals surface area contributed by atoms with E-state index in [-0.39, 0.29) is 0 Å². The molecule has 9 heteroatoms. The first-order chi connectivity index (χ1) is 16.6. The van der Waals surface area contributed by atoms with Crippen molar-refractivity contribution in [2.75, 3.05) is 30.3 Å². The third-order valence-electron chi connectivity index (χ3n) is 5.69. The van der Waals surface area contributed by atoms with Gasteiger partial charge in [0.1, 0.15) is 18.0 Å². The van der Waals surface area contributed by atoms with Crippen LogP contribution >= 0.6 is 15.9 Å². The lowest BCUT2D eigenvalue weighted by Gasteiger charge is -2.27. The van der Waals surface area contributed by atoms with Crippen LogP contribution in [-0.4, -0.2) is 39.6 Å². The molecule has 0 spiro atoms. The maximum Gasteiger partial charge on any atom is 0.165 e. The van der Waals surface area contributed by atoms with Crippen molar-refractivity contribution in [3.63, 3.8) is 0 Å². The fourth-order valence-corrected chi connectivity index (χ4v) is 4.38. The van der Waals surface area contributed by atoms with Gasteiger partial charge in [-0.05, 0) is 54.5 Å². The minimum absolute atomic E-state index is 0.406. The van der Waals surface area contributed by atoms with Crippen LogP contribution in [0.15, 0.2) is 71.2 Å². The first kappa shape index (κ1) is 22.2. The molecule has 3 N–H and O–H groups in total. The van der Waals surface area contributed by atoms with E-state index in [4.69, 9.17) is 20.5 Å². The Bertz CT molecular complexity index is 1360. The number of nitrogens with one attached hydrogen (secondary N) is 1. The quantitative estimate of drug-likeness (QED) is 0.353. The summed E-state index contributed by atoms with van der Waals surface area (Å²) in [7, 11) is 0. The molecule has 0 amide bonds. The van der Waals surface area contributed by atoms with Crippen molar-refractivity contribution in [3.8, 4) is 22.4 Å². The van der Waals surface area contributed by atoms with Crippen molar-refractivity contribution in [2.24, 2.45) is 0 Å². The largest absolute Gasteiger partial charge is 0.383 e. The summed E-state index contributed by atoms with van der Waals surface area (Å²) in [5.41, 5.74) is 14.5. The van der Waals surface area contributed by atoms with Crippen molar-refractivity contribution in [2.45, 2.75) is 13.3 Å². The smallest absolute Gasteiger partial charge is 0.165 e. The highest BCUT2D eigenvalue weighted by atomic mass is 79.9. The number of hydrogen-bond donors (Lipinski definition) is 2. The van der Waals surface area contributed by atoms with Gasteiger partial charge in [0, 0.05) is 41.4 Å². The van der Waals surface area contributed by atoms with Crippen LogP contribution in [0.25, 0.3) is 33.4 Å². The van der Waals surface area contributed by atoms with Crippen molar-refractivity contribution in [1.82, 2.24) is 25.4 Å². The van der Waals surface area contributed by atoms with Gasteiger partial charge in [-0.3, -0.25) is 10.3 Å². The minimum atomic E-state index is 0.406. The summed E-state index contributed by atoms with van der Waals surface area (Å²) in [4.78, 5) is 25.6. The maximum absolute atomic E-state index is 6.22. The number of halogens is 1. The number of hydrogen-bond acceptors (Lipinski definition) is 8. The monoisotopic (exact) mass is 517 g/mol. The Kier molecular flexibility index (Phi) is 6.37. The molecule has 4 aromatic rings. The van der Waals surface area contributed by atoms with Crippen LogP contribution in [0.1, 0.15) is 13.3 Å². The summed E-state index contributed by atoms with van der Waals surface area (Å²) in [6, 6.07) is 14.2. The maximum atomic E-state index is 6.22. The number of nitrogens with zero attached hydrogens (tertiary/aromatic N) is 5. The molecular weight excluding hydrogens is 494 g/mol. The van der Waals surface area contributed by atoms with E-state index in [2.05, 4.69) is 42.4 Å². The zero-order chi connectivity index (χ0) is 23.5. The van der Waals surface area contributed by atoms with Crippen LogP contribution in [0.3, 0.4) is 0 Å². The zero-order valence-corrected chi connectivity index (χ0v) is 20.3. The summed E-state index contributed by atoms with van der Waals surface area (Å²) >= 11 is 3.56. The highest BCUT2D eigenvalue weighted by molar-refractivity contribution is 9.10. The van der Waals surface area contributed by atoms with Gasteiger partial charge in [-0.1, -0.05) is 28.1 Å². The van der Waals surface area contributed by atoms with E-state index in [1.807, 2.05) is 55.6 Å². The average Bonchev–Trinajstić information content (AvgIpc) is 2.87. The van der Waals surface area contributed by atoms with Crippen LogP contribution < -0.4 is 16.1 Å².